The molecular weight excluding hydrogens is 436 g/mol. The highest BCUT2D eigenvalue weighted by Crippen LogP contribution is 2.36. The fraction of sp³-hybridized carbons (Fsp3) is 0.400. The van der Waals surface area contributed by atoms with Gasteiger partial charge in [0.1, 0.15) is 5.65 Å². The molecule has 0 radical (unpaired) electrons. The van der Waals surface area contributed by atoms with Crippen molar-refractivity contribution >= 4 is 40.4 Å². The van der Waals surface area contributed by atoms with Crippen molar-refractivity contribution in [2.45, 2.75) is 38.3 Å². The van der Waals surface area contributed by atoms with Gasteiger partial charge in [-0.25, -0.2) is 9.97 Å². The molecule has 0 bridgehead atoms. The molecule has 1 amide bonds. The van der Waals surface area contributed by atoms with Crippen LogP contribution < -0.4 is 5.73 Å². The number of hydrogen-bond acceptors (Lipinski definition) is 4. The monoisotopic (exact) mass is 464 g/mol. The van der Waals surface area contributed by atoms with Crippen LogP contribution in [0.3, 0.4) is 0 Å². The van der Waals surface area contributed by atoms with Crippen LogP contribution in [0.15, 0.2) is 42.6 Å². The first-order valence-electron chi connectivity index (χ1n) is 11.5. The standard InChI is InChI=1S/C25H28N6O.ClH/c1-29-21-9-8-18(25(32)30-11-3-5-19(26)15-30)12-20(21)28-24(29)22-13-17-4-2-10-27-23(17)31(22)14-16-6-7-16;/h2,4,8-10,12-13,16,19H,3,5-7,11,14-15,26H2,1H3;1H. The fourth-order valence-electron chi connectivity index (χ4n) is 4.95. The fourth-order valence-corrected chi connectivity index (χ4v) is 4.95. The maximum absolute atomic E-state index is 13.1. The summed E-state index contributed by atoms with van der Waals surface area (Å²) in [6.07, 6.45) is 6.35. The minimum Gasteiger partial charge on any atom is -0.337 e. The van der Waals surface area contributed by atoms with Crippen LogP contribution in [0, 0.1) is 5.92 Å². The highest BCUT2D eigenvalue weighted by Gasteiger charge is 2.26. The first-order chi connectivity index (χ1) is 15.6. The number of fused-ring (bicyclic) bond motifs is 2. The predicted molar refractivity (Wildman–Crippen MR) is 133 cm³/mol. The van der Waals surface area contributed by atoms with E-state index in [0.29, 0.717) is 12.1 Å². The molecule has 1 aromatic carbocycles. The van der Waals surface area contributed by atoms with Crippen LogP contribution in [-0.4, -0.2) is 49.0 Å². The summed E-state index contributed by atoms with van der Waals surface area (Å²) in [5.74, 6) is 1.67. The number of piperidine rings is 1. The molecule has 4 aromatic rings. The Balaban J connectivity index is 0.00000228. The van der Waals surface area contributed by atoms with Crippen molar-refractivity contribution in [3.63, 3.8) is 0 Å². The van der Waals surface area contributed by atoms with E-state index >= 15 is 0 Å². The van der Waals surface area contributed by atoms with Gasteiger partial charge in [0, 0.05) is 49.9 Å². The normalized spacial score (nSPS) is 18.6. The maximum Gasteiger partial charge on any atom is 0.253 e. The van der Waals surface area contributed by atoms with E-state index in [1.54, 1.807) is 0 Å². The number of benzene rings is 1. The number of nitrogens with two attached hydrogens (primary N) is 1. The highest BCUT2D eigenvalue weighted by molar-refractivity contribution is 5.98. The van der Waals surface area contributed by atoms with E-state index in [9.17, 15) is 4.79 Å². The molecule has 1 aliphatic heterocycles. The number of likely N-dealkylation sites (tertiary alicyclic amines) is 1. The first kappa shape index (κ1) is 21.9. The molecule has 172 valence electrons. The number of carbonyl (C=O) groups excluding carboxylic acids is 1. The third-order valence-corrected chi connectivity index (χ3v) is 6.90. The van der Waals surface area contributed by atoms with Crippen LogP contribution in [-0.2, 0) is 13.6 Å². The Hall–Kier alpha value is -2.90. The minimum absolute atomic E-state index is 0. The molecule has 4 heterocycles. The van der Waals surface area contributed by atoms with Crippen LogP contribution in [0.5, 0.6) is 0 Å². The molecule has 1 unspecified atom stereocenters. The third kappa shape index (κ3) is 3.89. The average molecular weight is 465 g/mol. The zero-order valence-electron chi connectivity index (χ0n) is 18.8. The summed E-state index contributed by atoms with van der Waals surface area (Å²) in [6.45, 7) is 2.36. The van der Waals surface area contributed by atoms with Crippen LogP contribution in [0.2, 0.25) is 0 Å². The number of rotatable bonds is 4. The lowest BCUT2D eigenvalue weighted by Gasteiger charge is -2.30. The quantitative estimate of drug-likeness (QED) is 0.495. The molecule has 1 atom stereocenters. The van der Waals surface area contributed by atoms with Gasteiger partial charge in [0.2, 0.25) is 0 Å². The molecule has 1 aliphatic carbocycles. The highest BCUT2D eigenvalue weighted by atomic mass is 35.5. The maximum atomic E-state index is 13.1. The molecule has 3 aromatic heterocycles. The van der Waals surface area contributed by atoms with Gasteiger partial charge in [-0.15, -0.1) is 12.4 Å². The summed E-state index contributed by atoms with van der Waals surface area (Å²) in [6, 6.07) is 12.2. The van der Waals surface area contributed by atoms with Crippen molar-refractivity contribution in [3.8, 4) is 11.5 Å². The molecule has 6 rings (SSSR count). The largest absolute Gasteiger partial charge is 0.337 e. The van der Waals surface area contributed by atoms with Gasteiger partial charge in [0.25, 0.3) is 5.91 Å². The lowest BCUT2D eigenvalue weighted by Crippen LogP contribution is -2.45. The predicted octanol–water partition coefficient (Wildman–Crippen LogP) is 3.99. The number of nitrogens with zero attached hydrogens (tertiary/aromatic N) is 5. The zero-order valence-corrected chi connectivity index (χ0v) is 19.6. The van der Waals surface area contributed by atoms with Gasteiger partial charge >= 0.3 is 0 Å². The zero-order chi connectivity index (χ0) is 21.8. The van der Waals surface area contributed by atoms with E-state index in [0.717, 1.165) is 65.4 Å². The molecular formula is C25H29ClN6O. The second-order valence-corrected chi connectivity index (χ2v) is 9.35. The molecule has 33 heavy (non-hydrogen) atoms. The third-order valence-electron chi connectivity index (χ3n) is 6.90. The van der Waals surface area contributed by atoms with Gasteiger partial charge < -0.3 is 19.8 Å². The Morgan fingerprint density at radius 1 is 1.18 bits per heavy atom. The van der Waals surface area contributed by atoms with Crippen molar-refractivity contribution in [3.05, 3.63) is 48.2 Å². The van der Waals surface area contributed by atoms with E-state index in [1.807, 2.05) is 42.4 Å². The molecule has 2 fully saturated rings. The van der Waals surface area contributed by atoms with Gasteiger partial charge in [-0.2, -0.15) is 0 Å². The number of aromatic nitrogens is 4. The summed E-state index contributed by atoms with van der Waals surface area (Å²) < 4.78 is 4.44. The van der Waals surface area contributed by atoms with Crippen molar-refractivity contribution in [2.24, 2.45) is 18.7 Å². The number of hydrogen-bond donors (Lipinski definition) is 1. The van der Waals surface area contributed by atoms with E-state index in [1.165, 1.54) is 12.8 Å². The smallest absolute Gasteiger partial charge is 0.253 e. The Labute approximate surface area is 199 Å². The summed E-state index contributed by atoms with van der Waals surface area (Å²) in [4.78, 5) is 24.6. The van der Waals surface area contributed by atoms with E-state index in [2.05, 4.69) is 26.3 Å². The number of imidazole rings is 1. The van der Waals surface area contributed by atoms with Crippen LogP contribution in [0.1, 0.15) is 36.0 Å². The molecule has 1 saturated heterocycles. The second-order valence-electron chi connectivity index (χ2n) is 9.35. The molecule has 2 aliphatic rings. The van der Waals surface area contributed by atoms with Crippen molar-refractivity contribution in [2.75, 3.05) is 13.1 Å². The number of carbonyl (C=O) groups is 1. The number of amides is 1. The van der Waals surface area contributed by atoms with Gasteiger partial charge in [-0.1, -0.05) is 0 Å². The van der Waals surface area contributed by atoms with Gasteiger partial charge in [-0.3, -0.25) is 4.79 Å². The topological polar surface area (TPSA) is 82.0 Å². The lowest BCUT2D eigenvalue weighted by atomic mass is 10.1. The van der Waals surface area contributed by atoms with Gasteiger partial charge in [0.05, 0.1) is 16.7 Å². The SMILES string of the molecule is Cl.Cn1c(-c2cc3cccnc3n2CC2CC2)nc2cc(C(=O)N3CCCC(N)C3)ccc21. The van der Waals surface area contributed by atoms with Crippen molar-refractivity contribution in [1.29, 1.82) is 0 Å². The molecule has 7 nitrogen and oxygen atoms in total. The Kier molecular flexibility index (Phi) is 5.62. The first-order valence-corrected chi connectivity index (χ1v) is 11.5. The summed E-state index contributed by atoms with van der Waals surface area (Å²) >= 11 is 0. The molecule has 0 spiro atoms. The minimum atomic E-state index is 0. The average Bonchev–Trinajstić information content (AvgIpc) is 3.48. The number of halogens is 1. The Morgan fingerprint density at radius 2 is 2.03 bits per heavy atom. The van der Waals surface area contributed by atoms with E-state index in [-0.39, 0.29) is 24.4 Å². The number of pyridine rings is 1. The molecule has 1 saturated carbocycles. The van der Waals surface area contributed by atoms with Crippen LogP contribution >= 0.6 is 12.4 Å². The Bertz CT molecular complexity index is 1340. The van der Waals surface area contributed by atoms with Gasteiger partial charge in [-0.05, 0) is 68.0 Å². The van der Waals surface area contributed by atoms with E-state index < -0.39 is 0 Å². The van der Waals surface area contributed by atoms with E-state index in [4.69, 9.17) is 10.7 Å². The molecule has 8 heteroatoms. The summed E-state index contributed by atoms with van der Waals surface area (Å²) in [5.41, 5.74) is 10.7. The lowest BCUT2D eigenvalue weighted by molar-refractivity contribution is 0.0709. The second kappa shape index (κ2) is 8.47. The summed E-state index contributed by atoms with van der Waals surface area (Å²) in [7, 11) is 2.04. The van der Waals surface area contributed by atoms with Gasteiger partial charge in [0.15, 0.2) is 5.82 Å². The van der Waals surface area contributed by atoms with Crippen molar-refractivity contribution in [1.82, 2.24) is 24.0 Å². The number of aryl methyl sites for hydroxylation is 1. The Morgan fingerprint density at radius 3 is 2.82 bits per heavy atom. The van der Waals surface area contributed by atoms with Crippen LogP contribution in [0.25, 0.3) is 33.6 Å². The molecule has 2 N–H and O–H groups in total. The summed E-state index contributed by atoms with van der Waals surface area (Å²) in [5, 5.41) is 1.13. The van der Waals surface area contributed by atoms with Crippen molar-refractivity contribution < 1.29 is 4.79 Å². The van der Waals surface area contributed by atoms with Crippen LogP contribution in [0.4, 0.5) is 0 Å².